The topological polar surface area (TPSA) is 26.3 Å². The molecule has 0 saturated heterocycles. The van der Waals surface area contributed by atoms with Crippen LogP contribution in [0.4, 0.5) is 0 Å². The molecule has 0 amide bonds. The highest BCUT2D eigenvalue weighted by Gasteiger charge is 2.27. The lowest BCUT2D eigenvalue weighted by atomic mass is 9.82. The quantitative estimate of drug-likeness (QED) is 0.758. The summed E-state index contributed by atoms with van der Waals surface area (Å²) in [4.78, 5) is 11.6. The highest BCUT2D eigenvalue weighted by Crippen LogP contribution is 2.40. The Morgan fingerprint density at radius 3 is 2.37 bits per heavy atom. The molecule has 0 saturated carbocycles. The normalized spacial score (nSPS) is 15.1. The lowest BCUT2D eigenvalue weighted by Gasteiger charge is -2.29. The first-order valence-corrected chi connectivity index (χ1v) is 6.72. The second kappa shape index (κ2) is 4.52. The molecule has 0 N–H and O–H groups in total. The van der Waals surface area contributed by atoms with Crippen LogP contribution < -0.4 is 4.74 Å². The maximum absolute atomic E-state index is 11.6. The Bertz CT molecular complexity index is 572. The number of Topliss-reactive ketones (excluding diaryl/α,β-unsaturated/α-hetero) is 1. The number of benzene rings is 1. The molecule has 0 aliphatic carbocycles. The number of rotatable bonds is 1. The van der Waals surface area contributed by atoms with Crippen LogP contribution in [0.15, 0.2) is 23.5 Å². The van der Waals surface area contributed by atoms with Crippen molar-refractivity contribution in [3.8, 4) is 5.75 Å². The van der Waals surface area contributed by atoms with E-state index in [0.29, 0.717) is 6.42 Å². The van der Waals surface area contributed by atoms with Crippen molar-refractivity contribution in [2.45, 2.75) is 53.4 Å². The van der Waals surface area contributed by atoms with Gasteiger partial charge in [0.05, 0.1) is 0 Å². The lowest BCUT2D eigenvalue weighted by molar-refractivity contribution is -0.113. The number of carbonyl (C=O) groups is 1. The number of fused-ring (bicyclic) bond motifs is 1. The zero-order valence-electron chi connectivity index (χ0n) is 12.7. The standard InChI is InChI=1S/C17H22O2/c1-10-7-13-9-14(11(2)18)12(3)19-16(13)15(8-10)17(4,5)6/h7-8H,9H2,1-6H3. The van der Waals surface area contributed by atoms with Crippen molar-refractivity contribution in [2.75, 3.05) is 0 Å². The Kier molecular flexibility index (Phi) is 3.29. The van der Waals surface area contributed by atoms with E-state index in [2.05, 4.69) is 39.8 Å². The van der Waals surface area contributed by atoms with Crippen molar-refractivity contribution in [3.05, 3.63) is 40.2 Å². The smallest absolute Gasteiger partial charge is 0.159 e. The molecular formula is C17H22O2. The van der Waals surface area contributed by atoms with E-state index in [1.807, 2.05) is 6.92 Å². The molecule has 1 aromatic carbocycles. The molecule has 0 atom stereocenters. The zero-order chi connectivity index (χ0) is 14.4. The minimum Gasteiger partial charge on any atom is -0.461 e. The van der Waals surface area contributed by atoms with E-state index in [4.69, 9.17) is 4.74 Å². The van der Waals surface area contributed by atoms with E-state index in [-0.39, 0.29) is 11.2 Å². The van der Waals surface area contributed by atoms with Gasteiger partial charge < -0.3 is 4.74 Å². The van der Waals surface area contributed by atoms with Crippen molar-refractivity contribution >= 4 is 5.78 Å². The Hall–Kier alpha value is -1.57. The fraction of sp³-hybridized carbons (Fsp3) is 0.471. The molecule has 2 nitrogen and oxygen atoms in total. The molecule has 1 aliphatic heterocycles. The monoisotopic (exact) mass is 258 g/mol. The van der Waals surface area contributed by atoms with Crippen molar-refractivity contribution in [1.82, 2.24) is 0 Å². The second-order valence-corrected chi connectivity index (χ2v) is 6.42. The van der Waals surface area contributed by atoms with Crippen LogP contribution in [0.5, 0.6) is 5.75 Å². The van der Waals surface area contributed by atoms with Gasteiger partial charge in [0.1, 0.15) is 11.5 Å². The van der Waals surface area contributed by atoms with Gasteiger partial charge in [-0.15, -0.1) is 0 Å². The van der Waals surface area contributed by atoms with Crippen LogP contribution in [0.25, 0.3) is 0 Å². The average molecular weight is 258 g/mol. The SMILES string of the molecule is CC(=O)C1=C(C)Oc2c(cc(C)cc2C(C)(C)C)C1. The molecule has 0 aromatic heterocycles. The third-order valence-corrected chi connectivity index (χ3v) is 3.59. The van der Waals surface area contributed by atoms with Gasteiger partial charge in [-0.3, -0.25) is 4.79 Å². The van der Waals surface area contributed by atoms with Crippen LogP contribution in [0.1, 0.15) is 51.3 Å². The Morgan fingerprint density at radius 2 is 1.84 bits per heavy atom. The fourth-order valence-corrected chi connectivity index (χ4v) is 2.56. The van der Waals surface area contributed by atoms with Crippen LogP contribution >= 0.6 is 0 Å². The second-order valence-electron chi connectivity index (χ2n) is 6.42. The molecule has 1 aliphatic rings. The number of allylic oxidation sites excluding steroid dienone is 2. The molecule has 0 unspecified atom stereocenters. The molecule has 1 aromatic rings. The summed E-state index contributed by atoms with van der Waals surface area (Å²) in [6.07, 6.45) is 0.682. The zero-order valence-corrected chi connectivity index (χ0v) is 12.7. The third kappa shape index (κ3) is 2.58. The van der Waals surface area contributed by atoms with Gasteiger partial charge in [0, 0.05) is 17.6 Å². The summed E-state index contributed by atoms with van der Waals surface area (Å²) in [6, 6.07) is 4.31. The van der Waals surface area contributed by atoms with Gasteiger partial charge in [0.25, 0.3) is 0 Å². The predicted octanol–water partition coefficient (Wildman–Crippen LogP) is 4.09. The number of carbonyl (C=O) groups excluding carboxylic acids is 1. The summed E-state index contributed by atoms with van der Waals surface area (Å²) in [5, 5.41) is 0. The minimum absolute atomic E-state index is 0.0319. The van der Waals surface area contributed by atoms with Crippen molar-refractivity contribution < 1.29 is 9.53 Å². The summed E-state index contributed by atoms with van der Waals surface area (Å²) >= 11 is 0. The number of hydrogen-bond acceptors (Lipinski definition) is 2. The molecular weight excluding hydrogens is 236 g/mol. The largest absolute Gasteiger partial charge is 0.461 e. The minimum atomic E-state index is 0.0319. The van der Waals surface area contributed by atoms with Gasteiger partial charge in [-0.05, 0) is 31.7 Å². The van der Waals surface area contributed by atoms with E-state index in [9.17, 15) is 4.79 Å². The van der Waals surface area contributed by atoms with Gasteiger partial charge in [0.15, 0.2) is 5.78 Å². The Labute approximate surface area is 115 Å². The predicted molar refractivity (Wildman–Crippen MR) is 77.6 cm³/mol. The van der Waals surface area contributed by atoms with Crippen LogP contribution in [0.2, 0.25) is 0 Å². The highest BCUT2D eigenvalue weighted by atomic mass is 16.5. The molecule has 0 radical (unpaired) electrons. The molecule has 102 valence electrons. The van der Waals surface area contributed by atoms with E-state index < -0.39 is 0 Å². The fourth-order valence-electron chi connectivity index (χ4n) is 2.56. The number of hydrogen-bond donors (Lipinski definition) is 0. The summed E-state index contributed by atoms with van der Waals surface area (Å²) < 4.78 is 5.98. The maximum Gasteiger partial charge on any atom is 0.159 e. The summed E-state index contributed by atoms with van der Waals surface area (Å²) in [6.45, 7) is 12.1. The van der Waals surface area contributed by atoms with E-state index in [0.717, 1.165) is 22.6 Å². The summed E-state index contributed by atoms with van der Waals surface area (Å²) in [5.41, 5.74) is 4.38. The van der Waals surface area contributed by atoms with Crippen molar-refractivity contribution in [3.63, 3.8) is 0 Å². The molecule has 19 heavy (non-hydrogen) atoms. The molecule has 2 heteroatoms. The third-order valence-electron chi connectivity index (χ3n) is 3.59. The number of ether oxygens (including phenoxy) is 1. The maximum atomic E-state index is 11.6. The van der Waals surface area contributed by atoms with Crippen LogP contribution in [-0.4, -0.2) is 5.78 Å². The first-order chi connectivity index (χ1) is 8.70. The van der Waals surface area contributed by atoms with Gasteiger partial charge in [-0.2, -0.15) is 0 Å². The first-order valence-electron chi connectivity index (χ1n) is 6.72. The Morgan fingerprint density at radius 1 is 1.21 bits per heavy atom. The van der Waals surface area contributed by atoms with E-state index >= 15 is 0 Å². The molecule has 0 bridgehead atoms. The van der Waals surface area contributed by atoms with E-state index in [1.54, 1.807) is 6.92 Å². The summed E-state index contributed by atoms with van der Waals surface area (Å²) in [5.74, 6) is 1.79. The van der Waals surface area contributed by atoms with Crippen LogP contribution in [0.3, 0.4) is 0 Å². The average Bonchev–Trinajstić information content (AvgIpc) is 2.26. The van der Waals surface area contributed by atoms with E-state index in [1.165, 1.54) is 11.1 Å². The molecule has 0 fully saturated rings. The molecule has 1 heterocycles. The van der Waals surface area contributed by atoms with Crippen LogP contribution in [-0.2, 0) is 16.6 Å². The number of aryl methyl sites for hydroxylation is 1. The first kappa shape index (κ1) is 13.9. The van der Waals surface area contributed by atoms with Gasteiger partial charge in [-0.25, -0.2) is 0 Å². The van der Waals surface area contributed by atoms with Crippen molar-refractivity contribution in [2.24, 2.45) is 0 Å². The van der Waals surface area contributed by atoms with Gasteiger partial charge in [-0.1, -0.05) is 38.5 Å². The van der Waals surface area contributed by atoms with Crippen molar-refractivity contribution in [1.29, 1.82) is 0 Å². The molecule has 2 rings (SSSR count). The summed E-state index contributed by atoms with van der Waals surface area (Å²) in [7, 11) is 0. The molecule has 0 spiro atoms. The number of ketones is 1. The Balaban J connectivity index is 2.59. The highest BCUT2D eigenvalue weighted by molar-refractivity contribution is 5.94. The van der Waals surface area contributed by atoms with Gasteiger partial charge in [0.2, 0.25) is 0 Å². The van der Waals surface area contributed by atoms with Gasteiger partial charge >= 0.3 is 0 Å². The van der Waals surface area contributed by atoms with Crippen LogP contribution in [0, 0.1) is 6.92 Å². The lowest BCUT2D eigenvalue weighted by Crippen LogP contribution is -2.19.